The number of nitrogens with one attached hydrogen (secondary N) is 1. The zero-order valence-corrected chi connectivity index (χ0v) is 19.5. The minimum atomic E-state index is -0.218. The second-order valence-corrected chi connectivity index (χ2v) is 8.56. The van der Waals surface area contributed by atoms with Crippen molar-refractivity contribution in [1.82, 2.24) is 25.2 Å². The molecular weight excluding hydrogens is 418 g/mol. The smallest absolute Gasteiger partial charge is 0.252 e. The third kappa shape index (κ3) is 5.71. The number of benzene rings is 1. The van der Waals surface area contributed by atoms with Gasteiger partial charge in [-0.3, -0.25) is 9.69 Å². The number of morpholine rings is 1. The van der Waals surface area contributed by atoms with Crippen molar-refractivity contribution in [2.45, 2.75) is 32.4 Å². The van der Waals surface area contributed by atoms with Crippen LogP contribution in [0.2, 0.25) is 0 Å². The summed E-state index contributed by atoms with van der Waals surface area (Å²) in [7, 11) is 1.61. The quantitative estimate of drug-likeness (QED) is 0.529. The molecule has 0 spiro atoms. The van der Waals surface area contributed by atoms with Crippen molar-refractivity contribution in [3.8, 4) is 0 Å². The minimum absolute atomic E-state index is 0.137. The van der Waals surface area contributed by atoms with E-state index < -0.39 is 0 Å². The molecule has 0 radical (unpaired) electrons. The van der Waals surface area contributed by atoms with E-state index in [2.05, 4.69) is 34.0 Å². The number of ether oxygens (including phenoxy) is 2. The molecule has 1 fully saturated rings. The lowest BCUT2D eigenvalue weighted by atomic mass is 10.0. The molecule has 1 amide bonds. The van der Waals surface area contributed by atoms with Gasteiger partial charge in [-0.05, 0) is 12.1 Å². The number of para-hydroxylation sites is 1. The summed E-state index contributed by atoms with van der Waals surface area (Å²) in [6.07, 6.45) is 3.59. The van der Waals surface area contributed by atoms with E-state index in [1.807, 2.05) is 42.7 Å². The van der Waals surface area contributed by atoms with Crippen LogP contribution in [0.4, 0.5) is 0 Å². The van der Waals surface area contributed by atoms with Crippen molar-refractivity contribution < 1.29 is 14.3 Å². The summed E-state index contributed by atoms with van der Waals surface area (Å²) in [5.41, 5.74) is 3.22. The van der Waals surface area contributed by atoms with Crippen LogP contribution in [0.25, 0.3) is 10.9 Å². The highest BCUT2D eigenvalue weighted by molar-refractivity contribution is 6.06. The molecule has 8 nitrogen and oxygen atoms in total. The van der Waals surface area contributed by atoms with E-state index in [9.17, 15) is 4.79 Å². The van der Waals surface area contributed by atoms with Gasteiger partial charge in [0, 0.05) is 62.6 Å². The molecule has 4 rings (SSSR count). The van der Waals surface area contributed by atoms with Gasteiger partial charge >= 0.3 is 0 Å². The Bertz CT molecular complexity index is 1090. The summed E-state index contributed by atoms with van der Waals surface area (Å²) in [5.74, 6) is 1.03. The Hall–Kier alpha value is -2.94. The average molecular weight is 450 g/mol. The van der Waals surface area contributed by atoms with Crippen molar-refractivity contribution in [2.24, 2.45) is 0 Å². The number of methoxy groups -OCH3 is 1. The predicted octanol–water partition coefficient (Wildman–Crippen LogP) is 3.10. The SMILES string of the molecule is COCCNC(=O)c1cc([C@H]2CN(Cc3cnc(C(C)C)nc3)CCO2)nc2ccccc12. The van der Waals surface area contributed by atoms with E-state index in [1.54, 1.807) is 7.11 Å². The Labute approximate surface area is 194 Å². The Morgan fingerprint density at radius 2 is 2.06 bits per heavy atom. The lowest BCUT2D eigenvalue weighted by Gasteiger charge is -2.32. The topological polar surface area (TPSA) is 89.5 Å². The second-order valence-electron chi connectivity index (χ2n) is 8.56. The van der Waals surface area contributed by atoms with Crippen LogP contribution < -0.4 is 5.32 Å². The zero-order chi connectivity index (χ0) is 23.2. The molecule has 1 aliphatic rings. The molecule has 0 aliphatic carbocycles. The van der Waals surface area contributed by atoms with Crippen LogP contribution in [0.3, 0.4) is 0 Å². The standard InChI is InChI=1S/C25H31N5O3/c1-17(2)24-27-13-18(14-28-24)15-30-9-11-33-23(16-30)22-12-20(25(31)26-8-10-32-3)19-6-4-5-7-21(19)29-22/h4-7,12-14,17,23H,8-11,15-16H2,1-3H3,(H,26,31)/t23-/m1/s1. The highest BCUT2D eigenvalue weighted by Gasteiger charge is 2.25. The maximum atomic E-state index is 12.9. The molecule has 8 heteroatoms. The first-order valence-corrected chi connectivity index (χ1v) is 11.4. The highest BCUT2D eigenvalue weighted by Crippen LogP contribution is 2.26. The summed E-state index contributed by atoms with van der Waals surface area (Å²) >= 11 is 0. The van der Waals surface area contributed by atoms with Gasteiger partial charge in [-0.1, -0.05) is 32.0 Å². The third-order valence-electron chi connectivity index (χ3n) is 5.70. The van der Waals surface area contributed by atoms with E-state index in [4.69, 9.17) is 14.5 Å². The number of pyridine rings is 1. The van der Waals surface area contributed by atoms with Gasteiger partial charge < -0.3 is 14.8 Å². The number of nitrogens with zero attached hydrogens (tertiary/aromatic N) is 4. The van der Waals surface area contributed by atoms with Crippen LogP contribution in [0.1, 0.15) is 53.3 Å². The van der Waals surface area contributed by atoms with Crippen LogP contribution >= 0.6 is 0 Å². The molecule has 1 aliphatic heterocycles. The Kier molecular flexibility index (Phi) is 7.59. The molecule has 1 aromatic carbocycles. The minimum Gasteiger partial charge on any atom is -0.383 e. The van der Waals surface area contributed by atoms with Crippen molar-refractivity contribution in [3.63, 3.8) is 0 Å². The van der Waals surface area contributed by atoms with Crippen molar-refractivity contribution in [1.29, 1.82) is 0 Å². The number of carbonyl (C=O) groups excluding carboxylic acids is 1. The van der Waals surface area contributed by atoms with E-state index in [0.29, 0.717) is 37.8 Å². The summed E-state index contributed by atoms with van der Waals surface area (Å²) in [6.45, 7) is 7.93. The predicted molar refractivity (Wildman–Crippen MR) is 126 cm³/mol. The molecule has 3 heterocycles. The molecule has 2 aromatic heterocycles. The molecule has 174 valence electrons. The molecule has 1 saturated heterocycles. The van der Waals surface area contributed by atoms with Crippen LogP contribution in [-0.4, -0.2) is 65.7 Å². The van der Waals surface area contributed by atoms with Crippen molar-refractivity contribution >= 4 is 16.8 Å². The third-order valence-corrected chi connectivity index (χ3v) is 5.70. The maximum absolute atomic E-state index is 12.9. The largest absolute Gasteiger partial charge is 0.383 e. The molecule has 33 heavy (non-hydrogen) atoms. The highest BCUT2D eigenvalue weighted by atomic mass is 16.5. The molecule has 1 N–H and O–H groups in total. The van der Waals surface area contributed by atoms with Gasteiger partial charge in [-0.2, -0.15) is 0 Å². The molecule has 0 bridgehead atoms. The Morgan fingerprint density at radius 1 is 1.27 bits per heavy atom. The van der Waals surface area contributed by atoms with Crippen molar-refractivity contribution in [3.05, 3.63) is 65.4 Å². The van der Waals surface area contributed by atoms with Crippen molar-refractivity contribution in [2.75, 3.05) is 40.0 Å². The number of aromatic nitrogens is 3. The molecule has 3 aromatic rings. The van der Waals surface area contributed by atoms with Gasteiger partial charge in [0.05, 0.1) is 30.0 Å². The van der Waals surface area contributed by atoms with E-state index in [1.165, 1.54) is 0 Å². The Morgan fingerprint density at radius 3 is 2.82 bits per heavy atom. The lowest BCUT2D eigenvalue weighted by Crippen LogP contribution is -2.38. The van der Waals surface area contributed by atoms with Gasteiger partial charge in [0.15, 0.2) is 0 Å². The van der Waals surface area contributed by atoms with Crippen LogP contribution in [-0.2, 0) is 16.0 Å². The van der Waals surface area contributed by atoms with E-state index >= 15 is 0 Å². The van der Waals surface area contributed by atoms with Gasteiger partial charge in [0.25, 0.3) is 5.91 Å². The fraction of sp³-hybridized carbons (Fsp3) is 0.440. The fourth-order valence-electron chi connectivity index (χ4n) is 3.94. The van der Waals surface area contributed by atoms with Gasteiger partial charge in [0.2, 0.25) is 0 Å². The molecular formula is C25H31N5O3. The number of fused-ring (bicyclic) bond motifs is 1. The molecule has 0 saturated carbocycles. The molecule has 0 unspecified atom stereocenters. The number of hydrogen-bond acceptors (Lipinski definition) is 7. The Balaban J connectivity index is 1.53. The van der Waals surface area contributed by atoms with E-state index in [0.717, 1.165) is 41.1 Å². The number of amides is 1. The van der Waals surface area contributed by atoms with Crippen LogP contribution in [0.5, 0.6) is 0 Å². The monoisotopic (exact) mass is 449 g/mol. The fourth-order valence-corrected chi connectivity index (χ4v) is 3.94. The number of rotatable bonds is 8. The van der Waals surface area contributed by atoms with Gasteiger partial charge in [-0.25, -0.2) is 15.0 Å². The summed E-state index contributed by atoms with van der Waals surface area (Å²) in [6, 6.07) is 9.56. The van der Waals surface area contributed by atoms with E-state index in [-0.39, 0.29) is 12.0 Å². The summed E-state index contributed by atoms with van der Waals surface area (Å²) in [4.78, 5) is 29.0. The first kappa shape index (κ1) is 23.2. The number of carbonyl (C=O) groups is 1. The lowest BCUT2D eigenvalue weighted by molar-refractivity contribution is -0.0349. The number of hydrogen-bond donors (Lipinski definition) is 1. The van der Waals surface area contributed by atoms with Gasteiger partial charge in [-0.15, -0.1) is 0 Å². The van der Waals surface area contributed by atoms with Gasteiger partial charge in [0.1, 0.15) is 11.9 Å². The second kappa shape index (κ2) is 10.8. The first-order valence-electron chi connectivity index (χ1n) is 11.4. The molecule has 1 atom stereocenters. The van der Waals surface area contributed by atoms with Crippen LogP contribution in [0, 0.1) is 0 Å². The average Bonchev–Trinajstić information content (AvgIpc) is 2.84. The summed E-state index contributed by atoms with van der Waals surface area (Å²) < 4.78 is 11.1. The normalized spacial score (nSPS) is 16.9. The zero-order valence-electron chi connectivity index (χ0n) is 19.5. The van der Waals surface area contributed by atoms with Crippen LogP contribution in [0.15, 0.2) is 42.7 Å². The maximum Gasteiger partial charge on any atom is 0.252 e. The first-order chi connectivity index (χ1) is 16.0. The summed E-state index contributed by atoms with van der Waals surface area (Å²) in [5, 5.41) is 3.74.